The Morgan fingerprint density at radius 2 is 1.81 bits per heavy atom. The fraction of sp³-hybridized carbons (Fsp3) is 0.818. The van der Waals surface area contributed by atoms with E-state index < -0.39 is 5.97 Å². The Balaban J connectivity index is 2.25. The summed E-state index contributed by atoms with van der Waals surface area (Å²) in [7, 11) is 1.59. The predicted octanol–water partition coefficient (Wildman–Crippen LogP) is 0.640. The number of carboxylic acids is 1. The number of carbonyl (C=O) groups excluding carboxylic acids is 1. The first-order valence-corrected chi connectivity index (χ1v) is 5.64. The van der Waals surface area contributed by atoms with Crippen LogP contribution in [0.1, 0.15) is 25.7 Å². The fourth-order valence-electron chi connectivity index (χ4n) is 2.02. The number of rotatable bonds is 5. The standard InChI is InChI=1S/C11H19NO4/c1-16-7-6-12-10(13)8-2-4-9(5-3-8)11(14)15/h8-9H,2-7H2,1H3,(H,12,13)(H,14,15). The molecule has 1 rings (SSSR count). The van der Waals surface area contributed by atoms with Gasteiger partial charge in [-0.3, -0.25) is 9.59 Å². The first-order chi connectivity index (χ1) is 7.65. The number of ether oxygens (including phenoxy) is 1. The van der Waals surface area contributed by atoms with Crippen LogP contribution in [-0.4, -0.2) is 37.2 Å². The summed E-state index contributed by atoms with van der Waals surface area (Å²) in [5.74, 6) is -0.991. The molecule has 1 saturated carbocycles. The van der Waals surface area contributed by atoms with Crippen LogP contribution in [0.3, 0.4) is 0 Å². The zero-order valence-electron chi connectivity index (χ0n) is 9.57. The molecule has 0 saturated heterocycles. The van der Waals surface area contributed by atoms with Crippen LogP contribution in [0.5, 0.6) is 0 Å². The molecule has 16 heavy (non-hydrogen) atoms. The summed E-state index contributed by atoms with van der Waals surface area (Å²) in [6.45, 7) is 1.03. The van der Waals surface area contributed by atoms with Crippen LogP contribution >= 0.6 is 0 Å². The highest BCUT2D eigenvalue weighted by Crippen LogP contribution is 2.28. The van der Waals surface area contributed by atoms with Crippen molar-refractivity contribution in [1.82, 2.24) is 5.32 Å². The van der Waals surface area contributed by atoms with Crippen molar-refractivity contribution in [3.05, 3.63) is 0 Å². The minimum atomic E-state index is -0.738. The molecule has 0 unspecified atom stereocenters. The van der Waals surface area contributed by atoms with Crippen LogP contribution in [0.15, 0.2) is 0 Å². The Hall–Kier alpha value is -1.10. The molecule has 0 bridgehead atoms. The normalized spacial score (nSPS) is 25.1. The maximum atomic E-state index is 11.6. The lowest BCUT2D eigenvalue weighted by molar-refractivity contribution is -0.144. The molecule has 0 radical (unpaired) electrons. The zero-order valence-corrected chi connectivity index (χ0v) is 9.57. The van der Waals surface area contributed by atoms with E-state index in [0.717, 1.165) is 0 Å². The summed E-state index contributed by atoms with van der Waals surface area (Å²) in [6.07, 6.45) is 2.57. The Kier molecular flexibility index (Phi) is 5.25. The predicted molar refractivity (Wildman–Crippen MR) is 58.0 cm³/mol. The molecule has 1 amide bonds. The summed E-state index contributed by atoms with van der Waals surface area (Å²) in [5, 5.41) is 11.6. The van der Waals surface area contributed by atoms with E-state index >= 15 is 0 Å². The Bertz CT molecular complexity index is 246. The molecular formula is C11H19NO4. The van der Waals surface area contributed by atoms with Gasteiger partial charge in [-0.25, -0.2) is 0 Å². The molecule has 0 aromatic carbocycles. The molecule has 0 aliphatic heterocycles. The summed E-state index contributed by atoms with van der Waals surface area (Å²) in [5.41, 5.74) is 0. The summed E-state index contributed by atoms with van der Waals surface area (Å²) in [6, 6.07) is 0. The summed E-state index contributed by atoms with van der Waals surface area (Å²) >= 11 is 0. The van der Waals surface area contributed by atoms with Gasteiger partial charge in [-0.1, -0.05) is 0 Å². The van der Waals surface area contributed by atoms with Gasteiger partial charge in [-0.05, 0) is 25.7 Å². The van der Waals surface area contributed by atoms with E-state index in [1.807, 2.05) is 0 Å². The third kappa shape index (κ3) is 3.81. The van der Waals surface area contributed by atoms with Gasteiger partial charge < -0.3 is 15.2 Å². The second-order valence-electron chi connectivity index (χ2n) is 4.17. The average molecular weight is 229 g/mol. The quantitative estimate of drug-likeness (QED) is 0.678. The molecule has 1 aliphatic carbocycles. The van der Waals surface area contributed by atoms with Gasteiger partial charge in [0.05, 0.1) is 12.5 Å². The third-order valence-corrected chi connectivity index (χ3v) is 3.05. The number of nitrogens with one attached hydrogen (secondary N) is 1. The highest BCUT2D eigenvalue weighted by Gasteiger charge is 2.29. The van der Waals surface area contributed by atoms with Crippen LogP contribution in [0.25, 0.3) is 0 Å². The molecule has 0 heterocycles. The number of carboxylic acid groups (broad SMARTS) is 1. The number of carbonyl (C=O) groups is 2. The van der Waals surface area contributed by atoms with Crippen LogP contribution in [0, 0.1) is 11.8 Å². The van der Waals surface area contributed by atoms with Crippen molar-refractivity contribution < 1.29 is 19.4 Å². The lowest BCUT2D eigenvalue weighted by atomic mass is 9.81. The van der Waals surface area contributed by atoms with E-state index in [0.29, 0.717) is 38.8 Å². The number of hydrogen-bond acceptors (Lipinski definition) is 3. The lowest BCUT2D eigenvalue weighted by Crippen LogP contribution is -2.35. The SMILES string of the molecule is COCCNC(=O)C1CCC(C(=O)O)CC1. The third-order valence-electron chi connectivity index (χ3n) is 3.05. The van der Waals surface area contributed by atoms with Crippen LogP contribution < -0.4 is 5.32 Å². The topological polar surface area (TPSA) is 75.6 Å². The van der Waals surface area contributed by atoms with Gasteiger partial charge in [0.1, 0.15) is 0 Å². The molecule has 0 atom stereocenters. The number of hydrogen-bond donors (Lipinski definition) is 2. The van der Waals surface area contributed by atoms with Crippen LogP contribution in [-0.2, 0) is 14.3 Å². The molecule has 2 N–H and O–H groups in total. The minimum Gasteiger partial charge on any atom is -0.481 e. The van der Waals surface area contributed by atoms with E-state index in [1.54, 1.807) is 7.11 Å². The molecule has 92 valence electrons. The number of aliphatic carboxylic acids is 1. The van der Waals surface area contributed by atoms with Crippen molar-refractivity contribution in [1.29, 1.82) is 0 Å². The highest BCUT2D eigenvalue weighted by atomic mass is 16.5. The fourth-order valence-corrected chi connectivity index (χ4v) is 2.02. The number of methoxy groups -OCH3 is 1. The molecule has 1 fully saturated rings. The van der Waals surface area contributed by atoms with E-state index in [1.165, 1.54) is 0 Å². The summed E-state index contributed by atoms with van der Waals surface area (Å²) in [4.78, 5) is 22.4. The van der Waals surface area contributed by atoms with Crippen LogP contribution in [0.2, 0.25) is 0 Å². The first kappa shape index (κ1) is 13.0. The van der Waals surface area contributed by atoms with Gasteiger partial charge in [0, 0.05) is 19.6 Å². The van der Waals surface area contributed by atoms with Crippen LogP contribution in [0.4, 0.5) is 0 Å². The van der Waals surface area contributed by atoms with Gasteiger partial charge in [0.25, 0.3) is 0 Å². The largest absolute Gasteiger partial charge is 0.481 e. The van der Waals surface area contributed by atoms with Crippen molar-refractivity contribution >= 4 is 11.9 Å². The molecule has 0 spiro atoms. The second kappa shape index (κ2) is 6.48. The summed E-state index contributed by atoms with van der Waals surface area (Å²) < 4.78 is 4.84. The molecule has 0 aromatic heterocycles. The van der Waals surface area contributed by atoms with Crippen molar-refractivity contribution in [2.75, 3.05) is 20.3 Å². The van der Waals surface area contributed by atoms with Gasteiger partial charge in [-0.2, -0.15) is 0 Å². The Morgan fingerprint density at radius 1 is 1.25 bits per heavy atom. The van der Waals surface area contributed by atoms with Gasteiger partial charge in [0.2, 0.25) is 5.91 Å². The first-order valence-electron chi connectivity index (χ1n) is 5.64. The Labute approximate surface area is 95.2 Å². The van der Waals surface area contributed by atoms with E-state index in [-0.39, 0.29) is 17.7 Å². The minimum absolute atomic E-state index is 0.0209. The lowest BCUT2D eigenvalue weighted by Gasteiger charge is -2.25. The van der Waals surface area contributed by atoms with Gasteiger partial charge in [0.15, 0.2) is 0 Å². The molecule has 5 nitrogen and oxygen atoms in total. The van der Waals surface area contributed by atoms with Gasteiger partial charge in [-0.15, -0.1) is 0 Å². The highest BCUT2D eigenvalue weighted by molar-refractivity contribution is 5.79. The van der Waals surface area contributed by atoms with E-state index in [9.17, 15) is 9.59 Å². The van der Waals surface area contributed by atoms with Gasteiger partial charge >= 0.3 is 5.97 Å². The van der Waals surface area contributed by atoms with E-state index in [4.69, 9.17) is 9.84 Å². The molecule has 0 aromatic rings. The second-order valence-corrected chi connectivity index (χ2v) is 4.17. The molecule has 1 aliphatic rings. The molecule has 5 heteroatoms. The van der Waals surface area contributed by atoms with E-state index in [2.05, 4.69) is 5.32 Å². The Morgan fingerprint density at radius 3 is 2.31 bits per heavy atom. The van der Waals surface area contributed by atoms with Crippen molar-refractivity contribution in [3.63, 3.8) is 0 Å². The molecular weight excluding hydrogens is 210 g/mol. The zero-order chi connectivity index (χ0) is 12.0. The average Bonchev–Trinajstić information content (AvgIpc) is 2.29. The maximum absolute atomic E-state index is 11.6. The van der Waals surface area contributed by atoms with Crippen molar-refractivity contribution in [3.8, 4) is 0 Å². The maximum Gasteiger partial charge on any atom is 0.306 e. The van der Waals surface area contributed by atoms with Crippen molar-refractivity contribution in [2.24, 2.45) is 11.8 Å². The smallest absolute Gasteiger partial charge is 0.306 e. The monoisotopic (exact) mass is 229 g/mol. The number of amides is 1. The van der Waals surface area contributed by atoms with Crippen molar-refractivity contribution in [2.45, 2.75) is 25.7 Å².